The minimum atomic E-state index is 0.0511. The van der Waals surface area contributed by atoms with E-state index in [2.05, 4.69) is 63.2 Å². The summed E-state index contributed by atoms with van der Waals surface area (Å²) in [5.74, 6) is 1.93. The maximum atomic E-state index is 6.12. The topological polar surface area (TPSA) is 62.2 Å². The molecule has 0 aliphatic carbocycles. The van der Waals surface area contributed by atoms with Crippen LogP contribution < -0.4 is 10.2 Å². The number of aromatic nitrogens is 1. The molecule has 7 heteroatoms. The third kappa shape index (κ3) is 5.17. The maximum Gasteiger partial charge on any atom is 0.194 e. The molecule has 1 N–H and O–H groups in total. The molecule has 31 heavy (non-hydrogen) atoms. The summed E-state index contributed by atoms with van der Waals surface area (Å²) in [4.78, 5) is 13.8. The van der Waals surface area contributed by atoms with Crippen molar-refractivity contribution in [3.63, 3.8) is 0 Å². The summed E-state index contributed by atoms with van der Waals surface area (Å²) >= 11 is 0. The molecule has 1 aromatic heterocycles. The minimum Gasteiger partial charge on any atom is -0.378 e. The molecule has 0 bridgehead atoms. The highest BCUT2D eigenvalue weighted by Gasteiger charge is 2.25. The lowest BCUT2D eigenvalue weighted by atomic mass is 10.00. The minimum absolute atomic E-state index is 0.0511. The first-order chi connectivity index (χ1) is 15.2. The number of aryl methyl sites for hydroxylation is 2. The Balaban J connectivity index is 1.43. The number of rotatable bonds is 4. The van der Waals surface area contributed by atoms with Gasteiger partial charge in [-0.2, -0.15) is 0 Å². The largest absolute Gasteiger partial charge is 0.378 e. The van der Waals surface area contributed by atoms with Gasteiger partial charge in [0.05, 0.1) is 26.4 Å². The Kier molecular flexibility index (Phi) is 7.04. The summed E-state index contributed by atoms with van der Waals surface area (Å²) in [6.45, 7) is 10.5. The second-order valence-corrected chi connectivity index (χ2v) is 8.15. The van der Waals surface area contributed by atoms with Crippen LogP contribution in [-0.2, 0) is 16.0 Å². The number of pyridine rings is 1. The Morgan fingerprint density at radius 3 is 2.77 bits per heavy atom. The maximum absolute atomic E-state index is 6.12. The molecule has 2 aliphatic rings. The Bertz CT molecular complexity index is 911. The van der Waals surface area contributed by atoms with Crippen molar-refractivity contribution < 1.29 is 9.47 Å². The van der Waals surface area contributed by atoms with Crippen LogP contribution in [0.3, 0.4) is 0 Å². The van der Waals surface area contributed by atoms with E-state index >= 15 is 0 Å². The van der Waals surface area contributed by atoms with Crippen LogP contribution in [0.2, 0.25) is 0 Å². The predicted octanol–water partition coefficient (Wildman–Crippen LogP) is 2.68. The van der Waals surface area contributed by atoms with Gasteiger partial charge in [-0.25, -0.2) is 4.98 Å². The monoisotopic (exact) mass is 423 g/mol. The van der Waals surface area contributed by atoms with Crippen molar-refractivity contribution >= 4 is 11.8 Å². The molecule has 0 amide bonds. The molecule has 2 aromatic rings. The van der Waals surface area contributed by atoms with Crippen molar-refractivity contribution in [3.8, 4) is 0 Å². The van der Waals surface area contributed by atoms with E-state index in [4.69, 9.17) is 9.47 Å². The molecule has 2 saturated heterocycles. The molecule has 4 rings (SSSR count). The van der Waals surface area contributed by atoms with Crippen LogP contribution in [0.15, 0.2) is 41.5 Å². The second kappa shape index (κ2) is 10.1. The summed E-state index contributed by atoms with van der Waals surface area (Å²) in [6, 6.07) is 10.7. The van der Waals surface area contributed by atoms with Gasteiger partial charge in [-0.05, 0) is 31.0 Å². The molecule has 1 aromatic carbocycles. The Morgan fingerprint density at radius 2 is 2.00 bits per heavy atom. The molecule has 2 fully saturated rings. The molecule has 0 saturated carbocycles. The number of hydrogen-bond donors (Lipinski definition) is 1. The molecule has 0 radical (unpaired) electrons. The quantitative estimate of drug-likeness (QED) is 0.603. The van der Waals surface area contributed by atoms with E-state index in [9.17, 15) is 0 Å². The number of morpholine rings is 2. The van der Waals surface area contributed by atoms with Crippen molar-refractivity contribution in [1.29, 1.82) is 0 Å². The van der Waals surface area contributed by atoms with Crippen molar-refractivity contribution in [2.45, 2.75) is 26.5 Å². The van der Waals surface area contributed by atoms with Gasteiger partial charge in [0.1, 0.15) is 11.9 Å². The Morgan fingerprint density at radius 1 is 1.16 bits per heavy atom. The summed E-state index contributed by atoms with van der Waals surface area (Å²) in [7, 11) is 1.84. The fourth-order valence-corrected chi connectivity index (χ4v) is 4.35. The zero-order valence-electron chi connectivity index (χ0n) is 18.8. The number of benzene rings is 1. The zero-order valence-corrected chi connectivity index (χ0v) is 18.8. The van der Waals surface area contributed by atoms with Crippen LogP contribution in [0.1, 0.15) is 28.4 Å². The summed E-state index contributed by atoms with van der Waals surface area (Å²) in [5.41, 5.74) is 4.98. The van der Waals surface area contributed by atoms with Gasteiger partial charge in [0.15, 0.2) is 5.96 Å². The number of nitrogens with zero attached hydrogens (tertiary/aromatic N) is 4. The summed E-state index contributed by atoms with van der Waals surface area (Å²) in [6.07, 6.45) is 1.91. The van der Waals surface area contributed by atoms with Gasteiger partial charge in [0.25, 0.3) is 0 Å². The lowest BCUT2D eigenvalue weighted by molar-refractivity contribution is -0.00834. The van der Waals surface area contributed by atoms with Gasteiger partial charge >= 0.3 is 0 Å². The van der Waals surface area contributed by atoms with Gasteiger partial charge in [-0.3, -0.25) is 4.99 Å². The van der Waals surface area contributed by atoms with Crippen LogP contribution >= 0.6 is 0 Å². The molecule has 1 atom stereocenters. The van der Waals surface area contributed by atoms with E-state index in [1.165, 1.54) is 22.3 Å². The summed E-state index contributed by atoms with van der Waals surface area (Å²) in [5, 5.41) is 3.55. The van der Waals surface area contributed by atoms with E-state index in [0.29, 0.717) is 13.2 Å². The molecule has 3 heterocycles. The normalized spacial score (nSPS) is 20.1. The fraction of sp³-hybridized carbons (Fsp3) is 0.500. The second-order valence-electron chi connectivity index (χ2n) is 8.15. The van der Waals surface area contributed by atoms with Gasteiger partial charge < -0.3 is 24.6 Å². The molecule has 7 nitrogen and oxygen atoms in total. The van der Waals surface area contributed by atoms with Crippen LogP contribution in [0, 0.1) is 13.8 Å². The molecule has 0 spiro atoms. The Labute approximate surface area is 185 Å². The smallest absolute Gasteiger partial charge is 0.194 e. The number of guanidine groups is 1. The number of hydrogen-bond acceptors (Lipinski definition) is 5. The van der Waals surface area contributed by atoms with E-state index in [1.54, 1.807) is 0 Å². The van der Waals surface area contributed by atoms with Crippen LogP contribution in [-0.4, -0.2) is 68.9 Å². The van der Waals surface area contributed by atoms with Crippen LogP contribution in [0.25, 0.3) is 0 Å². The molecular formula is C24H33N5O2. The molecular weight excluding hydrogens is 390 g/mol. The van der Waals surface area contributed by atoms with Crippen LogP contribution in [0.5, 0.6) is 0 Å². The third-order valence-corrected chi connectivity index (χ3v) is 5.97. The van der Waals surface area contributed by atoms with Crippen molar-refractivity contribution in [1.82, 2.24) is 15.2 Å². The highest BCUT2D eigenvalue weighted by Crippen LogP contribution is 2.26. The number of nitrogens with one attached hydrogen (secondary N) is 1. The molecule has 1 unspecified atom stereocenters. The highest BCUT2D eigenvalue weighted by atomic mass is 16.5. The van der Waals surface area contributed by atoms with Gasteiger partial charge in [0, 0.05) is 45.0 Å². The number of anilines is 1. The van der Waals surface area contributed by atoms with Crippen molar-refractivity contribution in [2.24, 2.45) is 4.99 Å². The molecule has 2 aliphatic heterocycles. The van der Waals surface area contributed by atoms with E-state index in [0.717, 1.165) is 51.2 Å². The zero-order chi connectivity index (χ0) is 21.6. The van der Waals surface area contributed by atoms with Crippen molar-refractivity contribution in [3.05, 3.63) is 58.8 Å². The average Bonchev–Trinajstić information content (AvgIpc) is 2.80. The first-order valence-corrected chi connectivity index (χ1v) is 11.1. The lowest BCUT2D eigenvalue weighted by Crippen LogP contribution is -2.48. The fourth-order valence-electron chi connectivity index (χ4n) is 4.35. The van der Waals surface area contributed by atoms with E-state index in [-0.39, 0.29) is 6.10 Å². The average molecular weight is 424 g/mol. The molecule has 166 valence electrons. The van der Waals surface area contributed by atoms with Gasteiger partial charge in [-0.1, -0.05) is 29.8 Å². The SMILES string of the molecule is CN=C(NCc1cccnc1N1CCOCC1)N1CCOC(c2ccc(C)cc2C)C1. The van der Waals surface area contributed by atoms with E-state index in [1.807, 2.05) is 19.3 Å². The highest BCUT2D eigenvalue weighted by molar-refractivity contribution is 5.80. The third-order valence-electron chi connectivity index (χ3n) is 5.97. The number of aliphatic imine (C=N–C) groups is 1. The number of ether oxygens (including phenoxy) is 2. The van der Waals surface area contributed by atoms with Gasteiger partial charge in [-0.15, -0.1) is 0 Å². The lowest BCUT2D eigenvalue weighted by Gasteiger charge is -2.36. The van der Waals surface area contributed by atoms with E-state index < -0.39 is 0 Å². The standard InChI is InChI=1S/C24H33N5O2/c1-18-6-7-21(19(2)15-18)22-17-29(11-14-31-22)24(25-3)27-16-20-5-4-8-26-23(20)28-9-12-30-13-10-28/h4-8,15,22H,9-14,16-17H2,1-3H3,(H,25,27). The summed E-state index contributed by atoms with van der Waals surface area (Å²) < 4.78 is 11.6. The first kappa shape index (κ1) is 21.6. The van der Waals surface area contributed by atoms with Gasteiger partial charge in [0.2, 0.25) is 0 Å². The predicted molar refractivity (Wildman–Crippen MR) is 124 cm³/mol. The van der Waals surface area contributed by atoms with Crippen LogP contribution in [0.4, 0.5) is 5.82 Å². The first-order valence-electron chi connectivity index (χ1n) is 11.1. The van der Waals surface area contributed by atoms with Crippen molar-refractivity contribution in [2.75, 3.05) is 57.9 Å². The Hall–Kier alpha value is -2.64.